The third kappa shape index (κ3) is 5.35. The number of anilines is 1. The van der Waals surface area contributed by atoms with Crippen LogP contribution in [0.1, 0.15) is 49.3 Å². The summed E-state index contributed by atoms with van der Waals surface area (Å²) in [6.45, 7) is 6.88. The number of thiocarbonyl (C=S) groups is 1. The number of thioether (sulfide) groups is 1. The van der Waals surface area contributed by atoms with E-state index in [1.165, 1.54) is 22.9 Å². The van der Waals surface area contributed by atoms with E-state index in [-0.39, 0.29) is 5.91 Å². The molecule has 1 aromatic heterocycles. The Morgan fingerprint density at radius 3 is 2.64 bits per heavy atom. The summed E-state index contributed by atoms with van der Waals surface area (Å²) in [5.41, 5.74) is 4.63. The van der Waals surface area contributed by atoms with Gasteiger partial charge in [-0.1, -0.05) is 85.9 Å². The Kier molecular flexibility index (Phi) is 7.73. The lowest BCUT2D eigenvalue weighted by atomic mass is 9.90. The van der Waals surface area contributed by atoms with Gasteiger partial charge in [0.05, 0.1) is 10.4 Å². The van der Waals surface area contributed by atoms with Crippen molar-refractivity contribution in [2.45, 2.75) is 46.0 Å². The minimum atomic E-state index is 0.0234. The number of para-hydroxylation sites is 1. The Morgan fingerprint density at radius 2 is 1.89 bits per heavy atom. The Hall–Kier alpha value is -2.70. The predicted molar refractivity (Wildman–Crippen MR) is 156 cm³/mol. The van der Waals surface area contributed by atoms with Gasteiger partial charge in [0.25, 0.3) is 5.91 Å². The number of fused-ring (bicyclic) bond motifs is 1. The van der Waals surface area contributed by atoms with E-state index in [0.29, 0.717) is 21.7 Å². The van der Waals surface area contributed by atoms with E-state index in [2.05, 4.69) is 73.3 Å². The summed E-state index contributed by atoms with van der Waals surface area (Å²) in [6, 6.07) is 19.3. The fraction of sp³-hybridized carbons (Fsp3) is 0.367. The number of benzene rings is 2. The number of carbonyl (C=O) groups is 1. The fourth-order valence-electron chi connectivity index (χ4n) is 5.16. The summed E-state index contributed by atoms with van der Waals surface area (Å²) in [5, 5.41) is 1.10. The number of aromatic nitrogens is 1. The first kappa shape index (κ1) is 25.0. The highest BCUT2D eigenvalue weighted by Gasteiger charge is 2.32. The van der Waals surface area contributed by atoms with Crippen LogP contribution in [0.3, 0.4) is 0 Å². The summed E-state index contributed by atoms with van der Waals surface area (Å²) in [7, 11) is 0. The molecular formula is C30H33N3OS2. The molecule has 2 aromatic carbocycles. The van der Waals surface area contributed by atoms with E-state index in [4.69, 9.17) is 17.2 Å². The highest BCUT2D eigenvalue weighted by atomic mass is 32.2. The minimum absolute atomic E-state index is 0.0234. The molecule has 5 rings (SSSR count). The van der Waals surface area contributed by atoms with Gasteiger partial charge in [0.1, 0.15) is 10.1 Å². The van der Waals surface area contributed by atoms with Gasteiger partial charge in [-0.15, -0.1) is 0 Å². The second kappa shape index (κ2) is 11.1. The number of unbranched alkanes of at least 4 members (excludes halogenated alkanes) is 1. The molecule has 0 unspecified atom stereocenters. The molecule has 36 heavy (non-hydrogen) atoms. The molecule has 186 valence electrons. The summed E-state index contributed by atoms with van der Waals surface area (Å²) in [4.78, 5) is 23.2. The number of piperidine rings is 1. The number of rotatable bonds is 7. The molecule has 2 aliphatic rings. The maximum atomic E-state index is 13.2. The highest BCUT2D eigenvalue weighted by Crippen LogP contribution is 2.36. The first-order chi connectivity index (χ1) is 17.5. The smallest absolute Gasteiger partial charge is 0.266 e. The van der Waals surface area contributed by atoms with Crippen molar-refractivity contribution in [2.75, 3.05) is 24.5 Å². The van der Waals surface area contributed by atoms with Gasteiger partial charge in [0.2, 0.25) is 0 Å². The molecule has 0 atom stereocenters. The highest BCUT2D eigenvalue weighted by molar-refractivity contribution is 8.26. The number of nitrogens with zero attached hydrogens (tertiary/aromatic N) is 3. The average molecular weight is 516 g/mol. The molecule has 0 N–H and O–H groups in total. The molecule has 3 aromatic rings. The van der Waals surface area contributed by atoms with Crippen LogP contribution in [0.5, 0.6) is 0 Å². The number of pyridine rings is 1. The lowest BCUT2D eigenvalue weighted by Crippen LogP contribution is -2.35. The normalized spacial score (nSPS) is 18.1. The van der Waals surface area contributed by atoms with Crippen molar-refractivity contribution in [2.24, 2.45) is 5.92 Å². The van der Waals surface area contributed by atoms with E-state index >= 15 is 0 Å². The van der Waals surface area contributed by atoms with E-state index in [0.717, 1.165) is 67.5 Å². The summed E-state index contributed by atoms with van der Waals surface area (Å²) in [6.07, 6.45) is 7.42. The Labute approximate surface area is 223 Å². The number of hydrogen-bond acceptors (Lipinski definition) is 5. The molecule has 2 saturated heterocycles. The van der Waals surface area contributed by atoms with Gasteiger partial charge >= 0.3 is 0 Å². The Morgan fingerprint density at radius 1 is 1.11 bits per heavy atom. The monoisotopic (exact) mass is 515 g/mol. The molecule has 0 radical (unpaired) electrons. The van der Waals surface area contributed by atoms with Gasteiger partial charge in [0.15, 0.2) is 0 Å². The summed E-state index contributed by atoms with van der Waals surface area (Å²) < 4.78 is 0.660. The molecule has 0 saturated carbocycles. The molecule has 1 amide bonds. The molecule has 3 heterocycles. The van der Waals surface area contributed by atoms with Gasteiger partial charge in [-0.25, -0.2) is 4.98 Å². The molecule has 0 aliphatic carbocycles. The number of hydrogen-bond donors (Lipinski definition) is 0. The van der Waals surface area contributed by atoms with Gasteiger partial charge in [-0.05, 0) is 61.8 Å². The first-order valence-electron chi connectivity index (χ1n) is 13.0. The van der Waals surface area contributed by atoms with Crippen LogP contribution >= 0.6 is 24.0 Å². The second-order valence-electron chi connectivity index (χ2n) is 9.85. The first-order valence-corrected chi connectivity index (χ1v) is 14.2. The van der Waals surface area contributed by atoms with Crippen LogP contribution in [0.4, 0.5) is 5.82 Å². The summed E-state index contributed by atoms with van der Waals surface area (Å²) in [5.74, 6) is 1.69. The van der Waals surface area contributed by atoms with Crippen LogP contribution in [0, 0.1) is 12.8 Å². The van der Waals surface area contributed by atoms with E-state index in [1.807, 2.05) is 6.08 Å². The van der Waals surface area contributed by atoms with Gasteiger partial charge in [-0.3, -0.25) is 9.69 Å². The maximum absolute atomic E-state index is 13.2. The SMILES string of the molecule is CCCCN1C(=O)/C(=C/c2cc3cccc(C)c3nc2N2CCC(Cc3ccccc3)CC2)SC1=S. The fourth-order valence-corrected chi connectivity index (χ4v) is 6.46. The zero-order valence-electron chi connectivity index (χ0n) is 21.1. The van der Waals surface area contributed by atoms with Crippen molar-refractivity contribution < 1.29 is 4.79 Å². The van der Waals surface area contributed by atoms with Crippen LogP contribution < -0.4 is 4.90 Å². The van der Waals surface area contributed by atoms with Crippen LogP contribution in [0.2, 0.25) is 0 Å². The van der Waals surface area contributed by atoms with Crippen molar-refractivity contribution in [3.63, 3.8) is 0 Å². The van der Waals surface area contributed by atoms with Crippen molar-refractivity contribution in [3.05, 3.63) is 76.2 Å². The van der Waals surface area contributed by atoms with Gasteiger partial charge in [0, 0.05) is 30.6 Å². The largest absolute Gasteiger partial charge is 0.356 e. The topological polar surface area (TPSA) is 36.4 Å². The quantitative estimate of drug-likeness (QED) is 0.250. The van der Waals surface area contributed by atoms with E-state index in [1.54, 1.807) is 4.90 Å². The number of amides is 1. The van der Waals surface area contributed by atoms with E-state index in [9.17, 15) is 4.79 Å². The Balaban J connectivity index is 1.43. The summed E-state index contributed by atoms with van der Waals surface area (Å²) >= 11 is 6.96. The van der Waals surface area contributed by atoms with Crippen molar-refractivity contribution in [1.29, 1.82) is 0 Å². The van der Waals surface area contributed by atoms with Crippen LogP contribution in [0.25, 0.3) is 17.0 Å². The maximum Gasteiger partial charge on any atom is 0.266 e. The van der Waals surface area contributed by atoms with Crippen LogP contribution in [-0.4, -0.2) is 39.7 Å². The van der Waals surface area contributed by atoms with Gasteiger partial charge < -0.3 is 4.90 Å². The lowest BCUT2D eigenvalue weighted by molar-refractivity contribution is -0.122. The molecule has 0 spiro atoms. The molecule has 2 aliphatic heterocycles. The standard InChI is InChI=1S/C30H33N3OS2/c1-3-4-15-33-29(34)26(36-30(33)35)20-25-19-24-12-8-9-21(2)27(24)31-28(25)32-16-13-23(14-17-32)18-22-10-6-5-7-11-22/h5-12,19-20,23H,3-4,13-18H2,1-2H3/b26-20-. The molecule has 4 nitrogen and oxygen atoms in total. The van der Waals surface area contributed by atoms with Crippen molar-refractivity contribution in [3.8, 4) is 0 Å². The van der Waals surface area contributed by atoms with Crippen molar-refractivity contribution >= 4 is 57.0 Å². The zero-order valence-corrected chi connectivity index (χ0v) is 22.7. The molecular weight excluding hydrogens is 482 g/mol. The lowest BCUT2D eigenvalue weighted by Gasteiger charge is -2.34. The third-order valence-corrected chi connectivity index (χ3v) is 8.61. The minimum Gasteiger partial charge on any atom is -0.356 e. The number of aryl methyl sites for hydroxylation is 1. The zero-order chi connectivity index (χ0) is 25.1. The molecule has 0 bridgehead atoms. The van der Waals surface area contributed by atoms with Crippen molar-refractivity contribution in [1.82, 2.24) is 9.88 Å². The molecule has 2 fully saturated rings. The second-order valence-corrected chi connectivity index (χ2v) is 11.5. The molecule has 6 heteroatoms. The average Bonchev–Trinajstić information content (AvgIpc) is 3.15. The Bertz CT molecular complexity index is 1300. The van der Waals surface area contributed by atoms with Crippen LogP contribution in [-0.2, 0) is 11.2 Å². The van der Waals surface area contributed by atoms with E-state index < -0.39 is 0 Å². The number of carbonyl (C=O) groups excluding carboxylic acids is 1. The predicted octanol–water partition coefficient (Wildman–Crippen LogP) is 7.00. The third-order valence-electron chi connectivity index (χ3n) is 7.23. The van der Waals surface area contributed by atoms with Gasteiger partial charge in [-0.2, -0.15) is 0 Å². The van der Waals surface area contributed by atoms with Crippen LogP contribution in [0.15, 0.2) is 59.5 Å².